The summed E-state index contributed by atoms with van der Waals surface area (Å²) in [5, 5.41) is 3.35. The van der Waals surface area contributed by atoms with Gasteiger partial charge in [0.2, 0.25) is 0 Å². The first-order chi connectivity index (χ1) is 12.5. The lowest BCUT2D eigenvalue weighted by atomic mass is 9.98. The van der Waals surface area contributed by atoms with Gasteiger partial charge in [-0.1, -0.05) is 18.5 Å². The Labute approximate surface area is 165 Å². The smallest absolute Gasteiger partial charge is 0.410 e. The number of halogens is 1. The van der Waals surface area contributed by atoms with Crippen molar-refractivity contribution in [3.63, 3.8) is 0 Å². The maximum Gasteiger partial charge on any atom is 0.410 e. The third kappa shape index (κ3) is 5.59. The molecule has 1 aliphatic rings. The highest BCUT2D eigenvalue weighted by molar-refractivity contribution is 6.30. The van der Waals surface area contributed by atoms with Gasteiger partial charge in [-0.05, 0) is 47.7 Å². The molecule has 152 valence electrons. The lowest BCUT2D eigenvalue weighted by Crippen LogP contribution is -2.60. The molecule has 0 aliphatic carbocycles. The summed E-state index contributed by atoms with van der Waals surface area (Å²) in [6, 6.07) is -0.147. The molecular formula is C18H30ClN5O3. The number of hydrogen-bond donors (Lipinski definition) is 2. The minimum atomic E-state index is -0.536. The van der Waals surface area contributed by atoms with Gasteiger partial charge < -0.3 is 24.8 Å². The van der Waals surface area contributed by atoms with Gasteiger partial charge in [-0.3, -0.25) is 4.79 Å². The summed E-state index contributed by atoms with van der Waals surface area (Å²) in [6.45, 7) is 8.48. The molecule has 0 radical (unpaired) electrons. The number of hydrogen-bond acceptors (Lipinski definition) is 5. The second kappa shape index (κ2) is 8.48. The molecule has 1 saturated heterocycles. The molecule has 0 spiro atoms. The van der Waals surface area contributed by atoms with Crippen LogP contribution in [-0.4, -0.2) is 76.6 Å². The number of aryl methyl sites for hydroxylation is 1. The van der Waals surface area contributed by atoms with Gasteiger partial charge in [-0.15, -0.1) is 0 Å². The van der Waals surface area contributed by atoms with Crippen LogP contribution in [0.1, 0.15) is 50.4 Å². The highest BCUT2D eigenvalue weighted by Gasteiger charge is 2.35. The predicted octanol–water partition coefficient (Wildman–Crippen LogP) is 2.29. The van der Waals surface area contributed by atoms with Gasteiger partial charge in [0, 0.05) is 25.2 Å². The van der Waals surface area contributed by atoms with E-state index in [2.05, 4.69) is 15.3 Å². The van der Waals surface area contributed by atoms with Crippen LogP contribution in [-0.2, 0) is 11.2 Å². The molecule has 8 nitrogen and oxygen atoms in total. The number of carbonyl (C=O) groups excluding carboxylic acids is 2. The first-order valence-electron chi connectivity index (χ1n) is 9.21. The Hall–Kier alpha value is -1.80. The SMILES string of the molecule is CCc1[nH]c(C(=O)NC2CCN(C(=O)OC(C)(C)C)CC2N(C)C)nc1Cl. The Balaban J connectivity index is 2.05. The number of imidazole rings is 1. The normalized spacial score (nSPS) is 20.7. The number of carbonyl (C=O) groups is 2. The maximum atomic E-state index is 12.6. The fourth-order valence-electron chi connectivity index (χ4n) is 3.08. The van der Waals surface area contributed by atoms with Crippen molar-refractivity contribution in [1.29, 1.82) is 0 Å². The first kappa shape index (κ1) is 21.5. The van der Waals surface area contributed by atoms with E-state index in [1.54, 1.807) is 4.90 Å². The van der Waals surface area contributed by atoms with E-state index in [0.717, 1.165) is 5.69 Å². The lowest BCUT2D eigenvalue weighted by molar-refractivity contribution is 0.00998. The van der Waals surface area contributed by atoms with E-state index in [1.165, 1.54) is 0 Å². The average Bonchev–Trinajstić information content (AvgIpc) is 2.94. The Morgan fingerprint density at radius 2 is 2.07 bits per heavy atom. The number of piperidine rings is 1. The molecule has 1 fully saturated rings. The lowest BCUT2D eigenvalue weighted by Gasteiger charge is -2.42. The zero-order valence-electron chi connectivity index (χ0n) is 16.9. The summed E-state index contributed by atoms with van der Waals surface area (Å²) in [5.41, 5.74) is 0.205. The minimum Gasteiger partial charge on any atom is -0.444 e. The van der Waals surface area contributed by atoms with Gasteiger partial charge in [0.25, 0.3) is 5.91 Å². The molecule has 27 heavy (non-hydrogen) atoms. The van der Waals surface area contributed by atoms with Crippen LogP contribution in [0.4, 0.5) is 4.79 Å². The van der Waals surface area contributed by atoms with E-state index in [1.807, 2.05) is 46.7 Å². The van der Waals surface area contributed by atoms with Crippen LogP contribution in [0.5, 0.6) is 0 Å². The Bertz CT molecular complexity index is 683. The minimum absolute atomic E-state index is 0.0358. The molecule has 0 bridgehead atoms. The largest absolute Gasteiger partial charge is 0.444 e. The number of likely N-dealkylation sites (N-methyl/N-ethyl adjacent to an activating group) is 1. The van der Waals surface area contributed by atoms with Gasteiger partial charge in [0.05, 0.1) is 5.69 Å². The van der Waals surface area contributed by atoms with Crippen molar-refractivity contribution in [2.75, 3.05) is 27.2 Å². The number of likely N-dealkylation sites (tertiary alicyclic amines) is 1. The van der Waals surface area contributed by atoms with Crippen LogP contribution >= 0.6 is 11.6 Å². The molecule has 2 rings (SSSR count). The number of aromatic amines is 1. The quantitative estimate of drug-likeness (QED) is 0.810. The topological polar surface area (TPSA) is 90.6 Å². The fourth-order valence-corrected chi connectivity index (χ4v) is 3.35. The van der Waals surface area contributed by atoms with Crippen molar-refractivity contribution >= 4 is 23.6 Å². The average molecular weight is 400 g/mol. The van der Waals surface area contributed by atoms with Crippen molar-refractivity contribution in [2.24, 2.45) is 0 Å². The summed E-state index contributed by atoms with van der Waals surface area (Å²) >= 11 is 6.03. The zero-order chi connectivity index (χ0) is 20.4. The second-order valence-corrected chi connectivity index (χ2v) is 8.39. The molecule has 0 aromatic carbocycles. The summed E-state index contributed by atoms with van der Waals surface area (Å²) < 4.78 is 5.47. The fraction of sp³-hybridized carbons (Fsp3) is 0.722. The van der Waals surface area contributed by atoms with Crippen LogP contribution in [0.2, 0.25) is 5.15 Å². The molecule has 2 N–H and O–H groups in total. The van der Waals surface area contributed by atoms with Crippen molar-refractivity contribution < 1.29 is 14.3 Å². The van der Waals surface area contributed by atoms with E-state index < -0.39 is 5.60 Å². The van der Waals surface area contributed by atoms with E-state index in [0.29, 0.717) is 31.1 Å². The van der Waals surface area contributed by atoms with Crippen molar-refractivity contribution in [3.05, 3.63) is 16.7 Å². The standard InChI is InChI=1S/C18H30ClN5O3/c1-7-11-14(19)22-15(20-11)16(25)21-12-8-9-24(10-13(12)23(5)6)17(26)27-18(2,3)4/h12-13H,7-10H2,1-6H3,(H,20,22)(H,21,25). The number of H-pyrrole nitrogens is 1. The molecule has 1 aromatic heterocycles. The summed E-state index contributed by atoms with van der Waals surface area (Å²) in [5.74, 6) is -0.0805. The van der Waals surface area contributed by atoms with Gasteiger partial charge in [-0.2, -0.15) is 0 Å². The van der Waals surface area contributed by atoms with Crippen LogP contribution in [0.25, 0.3) is 0 Å². The summed E-state index contributed by atoms with van der Waals surface area (Å²) in [7, 11) is 3.86. The van der Waals surface area contributed by atoms with Crippen LogP contribution in [0, 0.1) is 0 Å². The van der Waals surface area contributed by atoms with Crippen LogP contribution in [0.3, 0.4) is 0 Å². The van der Waals surface area contributed by atoms with E-state index in [-0.39, 0.29) is 29.9 Å². The van der Waals surface area contributed by atoms with Crippen molar-refractivity contribution in [3.8, 4) is 0 Å². The predicted molar refractivity (Wildman–Crippen MR) is 104 cm³/mol. The number of nitrogens with one attached hydrogen (secondary N) is 2. The van der Waals surface area contributed by atoms with Gasteiger partial charge in [0.15, 0.2) is 11.0 Å². The highest BCUT2D eigenvalue weighted by atomic mass is 35.5. The molecule has 2 unspecified atom stereocenters. The van der Waals surface area contributed by atoms with Gasteiger partial charge in [0.1, 0.15) is 5.60 Å². The molecule has 0 saturated carbocycles. The second-order valence-electron chi connectivity index (χ2n) is 8.03. The number of aromatic nitrogens is 2. The Kier molecular flexibility index (Phi) is 6.75. The molecule has 1 aliphatic heterocycles. The van der Waals surface area contributed by atoms with E-state index in [4.69, 9.17) is 16.3 Å². The molecular weight excluding hydrogens is 370 g/mol. The Morgan fingerprint density at radius 1 is 1.41 bits per heavy atom. The monoisotopic (exact) mass is 399 g/mol. The van der Waals surface area contributed by atoms with Crippen LogP contribution in [0.15, 0.2) is 0 Å². The molecule has 2 atom stereocenters. The number of ether oxygens (including phenoxy) is 1. The molecule has 1 aromatic rings. The van der Waals surface area contributed by atoms with Gasteiger partial charge >= 0.3 is 6.09 Å². The first-order valence-corrected chi connectivity index (χ1v) is 9.59. The van der Waals surface area contributed by atoms with E-state index >= 15 is 0 Å². The van der Waals surface area contributed by atoms with Gasteiger partial charge in [-0.25, -0.2) is 9.78 Å². The third-order valence-corrected chi connectivity index (χ3v) is 4.82. The molecule has 2 heterocycles. The highest BCUT2D eigenvalue weighted by Crippen LogP contribution is 2.19. The number of rotatable bonds is 4. The van der Waals surface area contributed by atoms with Crippen molar-refractivity contribution in [2.45, 2.75) is 58.2 Å². The maximum absolute atomic E-state index is 12.6. The van der Waals surface area contributed by atoms with Crippen molar-refractivity contribution in [1.82, 2.24) is 25.1 Å². The Morgan fingerprint density at radius 3 is 2.59 bits per heavy atom. The zero-order valence-corrected chi connectivity index (χ0v) is 17.7. The van der Waals surface area contributed by atoms with E-state index in [9.17, 15) is 9.59 Å². The number of amides is 2. The molecule has 9 heteroatoms. The third-order valence-electron chi connectivity index (χ3n) is 4.51. The summed E-state index contributed by atoms with van der Waals surface area (Å²) in [4.78, 5) is 35.7. The molecule has 2 amide bonds. The summed E-state index contributed by atoms with van der Waals surface area (Å²) in [6.07, 6.45) is 0.973. The number of nitrogens with zero attached hydrogens (tertiary/aromatic N) is 3. The van der Waals surface area contributed by atoms with Crippen LogP contribution < -0.4 is 5.32 Å².